The molecule has 25 heavy (non-hydrogen) atoms. The number of aliphatic hydroxyl groups excluding tert-OH is 1. The fourth-order valence-corrected chi connectivity index (χ4v) is 2.86. The van der Waals surface area contributed by atoms with Crippen molar-refractivity contribution in [3.63, 3.8) is 0 Å². The monoisotopic (exact) mass is 359 g/mol. The second-order valence-electron chi connectivity index (χ2n) is 5.26. The van der Waals surface area contributed by atoms with E-state index in [0.717, 1.165) is 0 Å². The molecule has 0 saturated carbocycles. The van der Waals surface area contributed by atoms with Crippen molar-refractivity contribution in [2.75, 3.05) is 6.61 Å². The van der Waals surface area contributed by atoms with Crippen LogP contribution in [0.4, 0.5) is 4.79 Å². The minimum Gasteiger partial charge on any atom is -0.465 e. The van der Waals surface area contributed by atoms with Gasteiger partial charge in [0.05, 0.1) is 28.2 Å². The van der Waals surface area contributed by atoms with E-state index in [2.05, 4.69) is 10.3 Å². The molecule has 0 aliphatic carbocycles. The van der Waals surface area contributed by atoms with E-state index in [0.29, 0.717) is 11.2 Å². The predicted molar refractivity (Wildman–Crippen MR) is 93.3 cm³/mol. The molecule has 0 aliphatic rings. The number of carboxylic acid groups (broad SMARTS) is 1. The van der Waals surface area contributed by atoms with Gasteiger partial charge >= 0.3 is 6.09 Å². The van der Waals surface area contributed by atoms with Crippen molar-refractivity contribution < 1.29 is 15.0 Å². The van der Waals surface area contributed by atoms with E-state index in [1.54, 1.807) is 48.5 Å². The van der Waals surface area contributed by atoms with Crippen LogP contribution in [0.15, 0.2) is 53.3 Å². The fraction of sp³-hybridized carbons (Fsp3) is 0.118. The summed E-state index contributed by atoms with van der Waals surface area (Å²) in [5.41, 5.74) is 0.371. The number of nitrogens with one attached hydrogen (secondary N) is 1. The van der Waals surface area contributed by atoms with Gasteiger partial charge in [-0.3, -0.25) is 9.36 Å². The molecule has 0 aliphatic heterocycles. The highest BCUT2D eigenvalue weighted by atomic mass is 35.5. The minimum absolute atomic E-state index is 0.0795. The van der Waals surface area contributed by atoms with Gasteiger partial charge < -0.3 is 15.5 Å². The molecule has 1 unspecified atom stereocenters. The van der Waals surface area contributed by atoms with Gasteiger partial charge in [-0.1, -0.05) is 35.9 Å². The molecule has 3 N–H and O–H groups in total. The molecule has 128 valence electrons. The van der Waals surface area contributed by atoms with Crippen molar-refractivity contribution in [3.8, 4) is 5.69 Å². The Morgan fingerprint density at radius 2 is 1.92 bits per heavy atom. The van der Waals surface area contributed by atoms with Gasteiger partial charge in [0.2, 0.25) is 0 Å². The molecule has 0 fully saturated rings. The SMILES string of the molecule is O=C(O)NC(CO)c1nc2cccc(Cl)c2c(=O)n1-c1ccccc1. The third kappa shape index (κ3) is 3.19. The van der Waals surface area contributed by atoms with Crippen molar-refractivity contribution in [3.05, 3.63) is 69.7 Å². The minimum atomic E-state index is -1.33. The van der Waals surface area contributed by atoms with E-state index < -0.39 is 24.3 Å². The van der Waals surface area contributed by atoms with Crippen LogP contribution in [0.5, 0.6) is 0 Å². The Morgan fingerprint density at radius 3 is 2.56 bits per heavy atom. The highest BCUT2D eigenvalue weighted by Gasteiger charge is 2.23. The number of amides is 1. The van der Waals surface area contributed by atoms with Gasteiger partial charge in [-0.2, -0.15) is 0 Å². The highest BCUT2D eigenvalue weighted by molar-refractivity contribution is 6.35. The fourth-order valence-electron chi connectivity index (χ4n) is 2.61. The van der Waals surface area contributed by atoms with Crippen LogP contribution in [0.2, 0.25) is 5.02 Å². The lowest BCUT2D eigenvalue weighted by atomic mass is 10.2. The molecule has 1 aromatic heterocycles. The normalized spacial score (nSPS) is 12.1. The van der Waals surface area contributed by atoms with Gasteiger partial charge in [-0.25, -0.2) is 9.78 Å². The molecule has 1 atom stereocenters. The van der Waals surface area contributed by atoms with E-state index >= 15 is 0 Å². The number of halogens is 1. The van der Waals surface area contributed by atoms with Crippen LogP contribution in [-0.2, 0) is 0 Å². The number of rotatable bonds is 4. The molecule has 1 amide bonds. The molecular weight excluding hydrogens is 346 g/mol. The first-order valence-electron chi connectivity index (χ1n) is 7.40. The average Bonchev–Trinajstić information content (AvgIpc) is 2.60. The van der Waals surface area contributed by atoms with Gasteiger partial charge in [0.15, 0.2) is 0 Å². The topological polar surface area (TPSA) is 104 Å². The maximum absolute atomic E-state index is 13.1. The summed E-state index contributed by atoms with van der Waals surface area (Å²) >= 11 is 6.16. The molecule has 0 bridgehead atoms. The summed E-state index contributed by atoms with van der Waals surface area (Å²) in [5, 5.41) is 21.3. The molecule has 8 heteroatoms. The van der Waals surface area contributed by atoms with Gasteiger partial charge in [0.1, 0.15) is 11.9 Å². The third-order valence-corrected chi connectivity index (χ3v) is 3.99. The quantitative estimate of drug-likeness (QED) is 0.663. The van der Waals surface area contributed by atoms with Crippen molar-refractivity contribution in [2.45, 2.75) is 6.04 Å². The number of aliphatic hydroxyl groups is 1. The number of carbonyl (C=O) groups is 1. The Hall–Kier alpha value is -2.90. The second-order valence-corrected chi connectivity index (χ2v) is 5.67. The van der Waals surface area contributed by atoms with Gasteiger partial charge in [-0.15, -0.1) is 0 Å². The van der Waals surface area contributed by atoms with Crippen molar-refractivity contribution in [2.24, 2.45) is 0 Å². The van der Waals surface area contributed by atoms with Crippen LogP contribution in [-0.4, -0.2) is 32.5 Å². The van der Waals surface area contributed by atoms with Crippen LogP contribution >= 0.6 is 11.6 Å². The Kier molecular flexibility index (Phi) is 4.69. The molecule has 0 spiro atoms. The van der Waals surface area contributed by atoms with Crippen LogP contribution < -0.4 is 10.9 Å². The number of fused-ring (bicyclic) bond motifs is 1. The first kappa shape index (κ1) is 16.9. The summed E-state index contributed by atoms with van der Waals surface area (Å²) in [6.07, 6.45) is -1.33. The number of benzene rings is 2. The van der Waals surface area contributed by atoms with Crippen LogP contribution in [0, 0.1) is 0 Å². The Balaban J connectivity index is 2.38. The summed E-state index contributed by atoms with van der Waals surface area (Å²) < 4.78 is 1.25. The maximum Gasteiger partial charge on any atom is 0.405 e. The molecule has 0 radical (unpaired) electrons. The van der Waals surface area contributed by atoms with Gasteiger partial charge in [0, 0.05) is 0 Å². The molecular formula is C17H14ClN3O4. The Labute approximate surface area is 147 Å². The zero-order valence-electron chi connectivity index (χ0n) is 12.9. The van der Waals surface area contributed by atoms with Gasteiger partial charge in [-0.05, 0) is 24.3 Å². The third-order valence-electron chi connectivity index (χ3n) is 3.68. The number of hydrogen-bond donors (Lipinski definition) is 3. The molecule has 7 nitrogen and oxygen atoms in total. The van der Waals surface area contributed by atoms with E-state index in [1.165, 1.54) is 4.57 Å². The smallest absolute Gasteiger partial charge is 0.405 e. The second kappa shape index (κ2) is 6.92. The van der Waals surface area contributed by atoms with Crippen LogP contribution in [0.1, 0.15) is 11.9 Å². The number of para-hydroxylation sites is 1. The van der Waals surface area contributed by atoms with Crippen LogP contribution in [0.25, 0.3) is 16.6 Å². The predicted octanol–water partition coefficient (Wildman–Crippen LogP) is 2.34. The zero-order chi connectivity index (χ0) is 18.0. The standard InChI is InChI=1S/C17H14ClN3O4/c18-11-7-4-8-12-14(11)16(23)21(10-5-2-1-3-6-10)15(19-12)13(9-22)20-17(24)25/h1-8,13,20,22H,9H2,(H,24,25). The van der Waals surface area contributed by atoms with Crippen LogP contribution in [0.3, 0.4) is 0 Å². The maximum atomic E-state index is 13.1. The summed E-state index contributed by atoms with van der Waals surface area (Å²) in [4.78, 5) is 28.5. The van der Waals surface area contributed by atoms with E-state index in [4.69, 9.17) is 16.7 Å². The lowest BCUT2D eigenvalue weighted by Crippen LogP contribution is -2.35. The van der Waals surface area contributed by atoms with E-state index in [-0.39, 0.29) is 16.2 Å². The van der Waals surface area contributed by atoms with E-state index in [9.17, 15) is 14.7 Å². The number of hydrogen-bond acceptors (Lipinski definition) is 4. The van der Waals surface area contributed by atoms with Crippen molar-refractivity contribution >= 4 is 28.6 Å². The van der Waals surface area contributed by atoms with E-state index in [1.807, 2.05) is 0 Å². The summed E-state index contributed by atoms with van der Waals surface area (Å²) in [6, 6.07) is 12.4. The largest absolute Gasteiger partial charge is 0.465 e. The zero-order valence-corrected chi connectivity index (χ0v) is 13.6. The molecule has 1 heterocycles. The van der Waals surface area contributed by atoms with Gasteiger partial charge in [0.25, 0.3) is 5.56 Å². The molecule has 0 saturated heterocycles. The average molecular weight is 360 g/mol. The Morgan fingerprint density at radius 1 is 1.20 bits per heavy atom. The highest BCUT2D eigenvalue weighted by Crippen LogP contribution is 2.22. The molecule has 2 aromatic carbocycles. The number of nitrogens with zero attached hydrogens (tertiary/aromatic N) is 2. The first-order chi connectivity index (χ1) is 12.0. The summed E-state index contributed by atoms with van der Waals surface area (Å²) in [6.45, 7) is -0.558. The summed E-state index contributed by atoms with van der Waals surface area (Å²) in [5.74, 6) is 0.0795. The van der Waals surface area contributed by atoms with Crippen molar-refractivity contribution in [1.82, 2.24) is 14.9 Å². The number of aromatic nitrogens is 2. The van der Waals surface area contributed by atoms with Crippen molar-refractivity contribution in [1.29, 1.82) is 0 Å². The molecule has 3 aromatic rings. The first-order valence-corrected chi connectivity index (χ1v) is 7.77. The molecule has 3 rings (SSSR count). The Bertz CT molecular complexity index is 988. The lowest BCUT2D eigenvalue weighted by Gasteiger charge is -2.20. The summed E-state index contributed by atoms with van der Waals surface area (Å²) in [7, 11) is 0. The lowest BCUT2D eigenvalue weighted by molar-refractivity contribution is 0.175.